The molecule has 2 aromatic carbocycles. The van der Waals surface area contributed by atoms with Crippen molar-refractivity contribution in [1.29, 1.82) is 5.26 Å². The number of rotatable bonds is 5. The predicted molar refractivity (Wildman–Crippen MR) is 100 cm³/mol. The molecule has 1 aliphatic heterocycles. The van der Waals surface area contributed by atoms with Gasteiger partial charge >= 0.3 is 0 Å². The molecule has 0 spiro atoms. The number of nitrogens with zero attached hydrogens (tertiary/aromatic N) is 2. The molecule has 2 amide bonds. The molecule has 5 nitrogen and oxygen atoms in total. The average Bonchev–Trinajstić information content (AvgIpc) is 2.95. The van der Waals surface area contributed by atoms with Gasteiger partial charge in [-0.15, -0.1) is 0 Å². The van der Waals surface area contributed by atoms with Gasteiger partial charge in [-0.3, -0.25) is 9.59 Å². The highest BCUT2D eigenvalue weighted by Gasteiger charge is 2.35. The number of anilines is 1. The van der Waals surface area contributed by atoms with E-state index in [4.69, 9.17) is 0 Å². The van der Waals surface area contributed by atoms with Gasteiger partial charge in [0.1, 0.15) is 11.6 Å². The molecule has 0 fully saturated rings. The molecular weight excluding hydrogens is 326 g/mol. The van der Waals surface area contributed by atoms with E-state index in [0.29, 0.717) is 25.1 Å². The van der Waals surface area contributed by atoms with Gasteiger partial charge in [0.05, 0.1) is 11.3 Å². The van der Waals surface area contributed by atoms with Crippen LogP contribution in [0.15, 0.2) is 60.2 Å². The van der Waals surface area contributed by atoms with E-state index < -0.39 is 5.91 Å². The summed E-state index contributed by atoms with van der Waals surface area (Å²) in [5.74, 6) is -0.817. The molecule has 3 rings (SSSR count). The number of nitrogens with one attached hydrogen (secondary N) is 1. The normalized spacial score (nSPS) is 14.6. The Labute approximate surface area is 152 Å². The summed E-state index contributed by atoms with van der Waals surface area (Å²) in [5.41, 5.74) is 2.51. The van der Waals surface area contributed by atoms with E-state index >= 15 is 0 Å². The number of likely N-dealkylation sites (N-methyl/N-ethyl adjacent to an activating group) is 1. The SMILES string of the molecule is CCN1C(=O)C(=C(C#N)C(=O)NCCc2ccccc2)c2ccccc21. The Hall–Kier alpha value is -3.39. The van der Waals surface area contributed by atoms with Crippen LogP contribution in [0.5, 0.6) is 0 Å². The maximum atomic E-state index is 12.7. The second-order valence-corrected chi connectivity index (χ2v) is 5.92. The van der Waals surface area contributed by atoms with Crippen LogP contribution in [-0.2, 0) is 16.0 Å². The Morgan fingerprint density at radius 2 is 1.81 bits per heavy atom. The second kappa shape index (κ2) is 7.66. The highest BCUT2D eigenvalue weighted by atomic mass is 16.2. The molecule has 1 aliphatic rings. The number of carbonyl (C=O) groups excluding carboxylic acids is 2. The van der Waals surface area contributed by atoms with Gasteiger partial charge in [-0.1, -0.05) is 48.5 Å². The van der Waals surface area contributed by atoms with E-state index in [1.807, 2.05) is 55.5 Å². The van der Waals surface area contributed by atoms with Crippen molar-refractivity contribution in [2.45, 2.75) is 13.3 Å². The van der Waals surface area contributed by atoms with Gasteiger partial charge in [0.25, 0.3) is 11.8 Å². The van der Waals surface area contributed by atoms with E-state index in [2.05, 4.69) is 5.32 Å². The number of nitriles is 1. The monoisotopic (exact) mass is 345 g/mol. The Morgan fingerprint density at radius 3 is 2.50 bits per heavy atom. The Morgan fingerprint density at radius 1 is 1.12 bits per heavy atom. The first-order valence-electron chi connectivity index (χ1n) is 8.55. The number of carbonyl (C=O) groups is 2. The van der Waals surface area contributed by atoms with Crippen molar-refractivity contribution < 1.29 is 9.59 Å². The van der Waals surface area contributed by atoms with Crippen molar-refractivity contribution in [3.8, 4) is 6.07 Å². The van der Waals surface area contributed by atoms with Crippen molar-refractivity contribution in [2.75, 3.05) is 18.0 Å². The number of amides is 2. The summed E-state index contributed by atoms with van der Waals surface area (Å²) in [7, 11) is 0. The molecule has 26 heavy (non-hydrogen) atoms. The quantitative estimate of drug-likeness (QED) is 0.669. The topological polar surface area (TPSA) is 73.2 Å². The molecule has 0 aliphatic carbocycles. The minimum Gasteiger partial charge on any atom is -0.351 e. The lowest BCUT2D eigenvalue weighted by Crippen LogP contribution is -2.30. The van der Waals surface area contributed by atoms with E-state index in [0.717, 1.165) is 11.3 Å². The van der Waals surface area contributed by atoms with Crippen molar-refractivity contribution >= 4 is 23.1 Å². The number of hydrogen-bond acceptors (Lipinski definition) is 3. The maximum absolute atomic E-state index is 12.7. The van der Waals surface area contributed by atoms with Gasteiger partial charge in [0, 0.05) is 18.7 Å². The number of hydrogen-bond donors (Lipinski definition) is 1. The van der Waals surface area contributed by atoms with Crippen LogP contribution in [0.25, 0.3) is 5.57 Å². The molecule has 5 heteroatoms. The van der Waals surface area contributed by atoms with Crippen LogP contribution in [0.3, 0.4) is 0 Å². The minimum absolute atomic E-state index is 0.133. The summed E-state index contributed by atoms with van der Waals surface area (Å²) >= 11 is 0. The van der Waals surface area contributed by atoms with Crippen LogP contribution in [0, 0.1) is 11.3 Å². The standard InChI is InChI=1S/C21H19N3O2/c1-2-24-18-11-7-6-10-16(18)19(21(24)26)17(14-22)20(25)23-13-12-15-8-4-3-5-9-15/h3-11H,2,12-13H2,1H3,(H,23,25). The summed E-state index contributed by atoms with van der Waals surface area (Å²) in [6, 6.07) is 18.9. The van der Waals surface area contributed by atoms with E-state index in [9.17, 15) is 14.9 Å². The Kier molecular flexibility index (Phi) is 5.14. The van der Waals surface area contributed by atoms with Crippen LogP contribution in [0.4, 0.5) is 5.69 Å². The van der Waals surface area contributed by atoms with Crippen molar-refractivity contribution in [2.24, 2.45) is 0 Å². The largest absolute Gasteiger partial charge is 0.351 e. The minimum atomic E-state index is -0.514. The van der Waals surface area contributed by atoms with Crippen LogP contribution >= 0.6 is 0 Å². The first kappa shape index (κ1) is 17.4. The maximum Gasteiger partial charge on any atom is 0.262 e. The number of para-hydroxylation sites is 1. The Bertz CT molecular complexity index is 910. The van der Waals surface area contributed by atoms with Crippen LogP contribution < -0.4 is 10.2 Å². The molecule has 0 bridgehead atoms. The van der Waals surface area contributed by atoms with Gasteiger partial charge < -0.3 is 10.2 Å². The lowest BCUT2D eigenvalue weighted by Gasteiger charge is -2.13. The fourth-order valence-electron chi connectivity index (χ4n) is 3.11. The zero-order chi connectivity index (χ0) is 18.5. The zero-order valence-electron chi connectivity index (χ0n) is 14.5. The molecular formula is C21H19N3O2. The van der Waals surface area contributed by atoms with Gasteiger partial charge in [0.15, 0.2) is 0 Å². The molecule has 0 atom stereocenters. The molecule has 1 N–H and O–H groups in total. The first-order valence-corrected chi connectivity index (χ1v) is 8.55. The van der Waals surface area contributed by atoms with E-state index in [-0.39, 0.29) is 17.1 Å². The van der Waals surface area contributed by atoms with Crippen molar-refractivity contribution in [3.63, 3.8) is 0 Å². The van der Waals surface area contributed by atoms with Gasteiger partial charge in [-0.2, -0.15) is 5.26 Å². The lowest BCUT2D eigenvalue weighted by molar-refractivity contribution is -0.117. The molecule has 0 radical (unpaired) electrons. The number of fused-ring (bicyclic) bond motifs is 1. The molecule has 0 saturated heterocycles. The molecule has 0 unspecified atom stereocenters. The van der Waals surface area contributed by atoms with Gasteiger partial charge in [-0.25, -0.2) is 0 Å². The van der Waals surface area contributed by atoms with E-state index in [1.165, 1.54) is 0 Å². The summed E-state index contributed by atoms with van der Waals surface area (Å²) in [6.07, 6.45) is 0.659. The van der Waals surface area contributed by atoms with Gasteiger partial charge in [-0.05, 0) is 25.0 Å². The van der Waals surface area contributed by atoms with Gasteiger partial charge in [0.2, 0.25) is 0 Å². The first-order chi connectivity index (χ1) is 12.7. The van der Waals surface area contributed by atoms with Crippen molar-refractivity contribution in [1.82, 2.24) is 5.32 Å². The summed E-state index contributed by atoms with van der Waals surface area (Å²) in [4.78, 5) is 26.9. The highest BCUT2D eigenvalue weighted by Crippen LogP contribution is 2.37. The van der Waals surface area contributed by atoms with Crippen LogP contribution in [0.1, 0.15) is 18.1 Å². The predicted octanol–water partition coefficient (Wildman–Crippen LogP) is 2.69. The second-order valence-electron chi connectivity index (χ2n) is 5.92. The van der Waals surface area contributed by atoms with E-state index in [1.54, 1.807) is 17.0 Å². The summed E-state index contributed by atoms with van der Waals surface area (Å²) in [6.45, 7) is 2.74. The molecule has 1 heterocycles. The fourth-order valence-corrected chi connectivity index (χ4v) is 3.11. The fraction of sp³-hybridized carbons (Fsp3) is 0.190. The van der Waals surface area contributed by atoms with Crippen LogP contribution in [-0.4, -0.2) is 24.9 Å². The average molecular weight is 345 g/mol. The van der Waals surface area contributed by atoms with Crippen molar-refractivity contribution in [3.05, 3.63) is 71.3 Å². The molecule has 0 saturated carbocycles. The third kappa shape index (κ3) is 3.22. The highest BCUT2D eigenvalue weighted by molar-refractivity contribution is 6.37. The lowest BCUT2D eigenvalue weighted by atomic mass is 10.0. The molecule has 130 valence electrons. The molecule has 0 aromatic heterocycles. The third-order valence-corrected chi connectivity index (χ3v) is 4.37. The smallest absolute Gasteiger partial charge is 0.262 e. The van der Waals surface area contributed by atoms with Crippen LogP contribution in [0.2, 0.25) is 0 Å². The molecule has 2 aromatic rings. The summed E-state index contributed by atoms with van der Waals surface area (Å²) < 4.78 is 0. The number of benzene rings is 2. The zero-order valence-corrected chi connectivity index (χ0v) is 14.5. The third-order valence-electron chi connectivity index (χ3n) is 4.37. The summed E-state index contributed by atoms with van der Waals surface area (Å²) in [5, 5.41) is 12.3. The Balaban J connectivity index is 1.84.